The molecule has 0 unspecified atom stereocenters. The van der Waals surface area contributed by atoms with Gasteiger partial charge in [-0.3, -0.25) is 4.79 Å². The Bertz CT molecular complexity index is 761. The number of nitriles is 1. The third kappa shape index (κ3) is 4.59. The van der Waals surface area contributed by atoms with Crippen molar-refractivity contribution in [3.05, 3.63) is 70.8 Å². The molecule has 0 radical (unpaired) electrons. The third-order valence-electron chi connectivity index (χ3n) is 3.54. The van der Waals surface area contributed by atoms with E-state index in [2.05, 4.69) is 0 Å². The molecule has 0 aliphatic carbocycles. The SMILES string of the molecule is CN(Cc1ccc(C#N)cc1)C(=O)Cc1cccc(C(F)(F)F)c1. The van der Waals surface area contributed by atoms with Crippen LogP contribution in [0.4, 0.5) is 13.2 Å². The molecule has 3 nitrogen and oxygen atoms in total. The van der Waals surface area contributed by atoms with Gasteiger partial charge in [0, 0.05) is 13.6 Å². The molecule has 1 amide bonds. The van der Waals surface area contributed by atoms with Crippen LogP contribution in [0.1, 0.15) is 22.3 Å². The zero-order valence-corrected chi connectivity index (χ0v) is 13.0. The van der Waals surface area contributed by atoms with E-state index in [1.54, 1.807) is 31.3 Å². The number of rotatable bonds is 4. The molecule has 2 aromatic rings. The molecule has 0 heterocycles. The molecule has 124 valence electrons. The summed E-state index contributed by atoms with van der Waals surface area (Å²) in [5.41, 5.74) is 0.926. The van der Waals surface area contributed by atoms with Gasteiger partial charge in [-0.25, -0.2) is 0 Å². The molecule has 0 bridgehead atoms. The third-order valence-corrected chi connectivity index (χ3v) is 3.54. The summed E-state index contributed by atoms with van der Waals surface area (Å²) in [6.45, 7) is 0.323. The van der Waals surface area contributed by atoms with Gasteiger partial charge in [0.05, 0.1) is 23.6 Å². The normalized spacial score (nSPS) is 11.0. The largest absolute Gasteiger partial charge is 0.416 e. The van der Waals surface area contributed by atoms with Crippen LogP contribution in [0.25, 0.3) is 0 Å². The second-order valence-corrected chi connectivity index (χ2v) is 5.43. The summed E-state index contributed by atoms with van der Waals surface area (Å²) in [4.78, 5) is 13.6. The van der Waals surface area contributed by atoms with Crippen molar-refractivity contribution in [2.24, 2.45) is 0 Å². The van der Waals surface area contributed by atoms with Gasteiger partial charge in [-0.15, -0.1) is 0 Å². The zero-order chi connectivity index (χ0) is 17.7. The number of alkyl halides is 3. The van der Waals surface area contributed by atoms with Crippen molar-refractivity contribution in [2.45, 2.75) is 19.1 Å². The minimum absolute atomic E-state index is 0.100. The highest BCUT2D eigenvalue weighted by atomic mass is 19.4. The average molecular weight is 332 g/mol. The molecule has 0 spiro atoms. The Hall–Kier alpha value is -2.81. The summed E-state index contributed by atoms with van der Waals surface area (Å²) in [5, 5.41) is 8.75. The van der Waals surface area contributed by atoms with Crippen LogP contribution in [-0.2, 0) is 23.9 Å². The smallest absolute Gasteiger partial charge is 0.341 e. The molecule has 2 aromatic carbocycles. The number of likely N-dealkylation sites (N-methyl/N-ethyl adjacent to an activating group) is 1. The lowest BCUT2D eigenvalue weighted by Crippen LogP contribution is -2.27. The van der Waals surface area contributed by atoms with Crippen LogP contribution in [0, 0.1) is 11.3 Å². The summed E-state index contributed by atoms with van der Waals surface area (Å²) < 4.78 is 38.1. The number of carbonyl (C=O) groups is 1. The molecule has 0 N–H and O–H groups in total. The van der Waals surface area contributed by atoms with Crippen molar-refractivity contribution in [2.75, 3.05) is 7.05 Å². The van der Waals surface area contributed by atoms with E-state index in [-0.39, 0.29) is 12.3 Å². The summed E-state index contributed by atoms with van der Waals surface area (Å²) in [6, 6.07) is 13.6. The quantitative estimate of drug-likeness (QED) is 0.855. The van der Waals surface area contributed by atoms with Crippen LogP contribution in [0.5, 0.6) is 0 Å². The van der Waals surface area contributed by atoms with Crippen molar-refractivity contribution >= 4 is 5.91 Å². The summed E-state index contributed by atoms with van der Waals surface area (Å²) in [6.07, 6.45) is -4.52. The Labute approximate surface area is 137 Å². The topological polar surface area (TPSA) is 44.1 Å². The Morgan fingerprint density at radius 2 is 1.79 bits per heavy atom. The first-order chi connectivity index (χ1) is 11.3. The van der Waals surface area contributed by atoms with E-state index < -0.39 is 11.7 Å². The molecule has 24 heavy (non-hydrogen) atoms. The molecule has 0 aromatic heterocycles. The highest BCUT2D eigenvalue weighted by molar-refractivity contribution is 5.78. The molecule has 0 atom stereocenters. The molecular formula is C18H15F3N2O. The van der Waals surface area contributed by atoms with E-state index in [0.29, 0.717) is 17.7 Å². The Kier molecular flexibility index (Phi) is 5.24. The minimum atomic E-state index is -4.42. The number of carbonyl (C=O) groups excluding carboxylic acids is 1. The van der Waals surface area contributed by atoms with Gasteiger partial charge >= 0.3 is 6.18 Å². The van der Waals surface area contributed by atoms with E-state index in [4.69, 9.17) is 5.26 Å². The van der Waals surface area contributed by atoms with Crippen LogP contribution >= 0.6 is 0 Å². The lowest BCUT2D eigenvalue weighted by atomic mass is 10.1. The molecule has 6 heteroatoms. The predicted molar refractivity (Wildman–Crippen MR) is 82.8 cm³/mol. The van der Waals surface area contributed by atoms with Gasteiger partial charge in [0.1, 0.15) is 0 Å². The van der Waals surface area contributed by atoms with Gasteiger partial charge in [0.2, 0.25) is 5.91 Å². The molecule has 2 rings (SSSR count). The Morgan fingerprint density at radius 3 is 2.38 bits per heavy atom. The van der Waals surface area contributed by atoms with Crippen LogP contribution < -0.4 is 0 Å². The molecule has 0 saturated heterocycles. The van der Waals surface area contributed by atoms with E-state index in [1.807, 2.05) is 6.07 Å². The van der Waals surface area contributed by atoms with Crippen LogP contribution in [-0.4, -0.2) is 17.9 Å². The first-order valence-electron chi connectivity index (χ1n) is 7.19. The molecule has 0 saturated carbocycles. The summed E-state index contributed by atoms with van der Waals surface area (Å²) in [5.74, 6) is -0.279. The van der Waals surface area contributed by atoms with Gasteiger partial charge in [0.15, 0.2) is 0 Å². The summed E-state index contributed by atoms with van der Waals surface area (Å²) in [7, 11) is 1.59. The van der Waals surface area contributed by atoms with Crippen LogP contribution in [0.2, 0.25) is 0 Å². The van der Waals surface area contributed by atoms with Gasteiger partial charge in [-0.05, 0) is 29.3 Å². The van der Waals surface area contributed by atoms with E-state index in [0.717, 1.165) is 17.7 Å². The molecule has 0 aliphatic rings. The second-order valence-electron chi connectivity index (χ2n) is 5.43. The number of hydrogen-bond donors (Lipinski definition) is 0. The van der Waals surface area contributed by atoms with Gasteiger partial charge < -0.3 is 4.90 Å². The van der Waals surface area contributed by atoms with E-state index >= 15 is 0 Å². The van der Waals surface area contributed by atoms with Gasteiger partial charge in [-0.2, -0.15) is 18.4 Å². The lowest BCUT2D eigenvalue weighted by Gasteiger charge is -2.18. The zero-order valence-electron chi connectivity index (χ0n) is 13.0. The van der Waals surface area contributed by atoms with Gasteiger partial charge in [-0.1, -0.05) is 30.3 Å². The maximum absolute atomic E-state index is 12.7. The van der Waals surface area contributed by atoms with Crippen molar-refractivity contribution in [1.82, 2.24) is 4.90 Å². The average Bonchev–Trinajstić information content (AvgIpc) is 2.55. The minimum Gasteiger partial charge on any atom is -0.341 e. The number of hydrogen-bond acceptors (Lipinski definition) is 2. The fourth-order valence-electron chi connectivity index (χ4n) is 2.21. The fraction of sp³-hybridized carbons (Fsp3) is 0.222. The molecular weight excluding hydrogens is 317 g/mol. The second kappa shape index (κ2) is 7.18. The molecule has 0 aliphatic heterocycles. The number of amides is 1. The Balaban J connectivity index is 2.02. The maximum Gasteiger partial charge on any atom is 0.416 e. The standard InChI is InChI=1S/C18H15F3N2O/c1-23(12-14-7-5-13(11-22)6-8-14)17(24)10-15-3-2-4-16(9-15)18(19,20)21/h2-9H,10,12H2,1H3. The first-order valence-corrected chi connectivity index (χ1v) is 7.19. The van der Waals surface area contributed by atoms with Crippen molar-refractivity contribution < 1.29 is 18.0 Å². The molecule has 0 fully saturated rings. The Morgan fingerprint density at radius 1 is 1.12 bits per heavy atom. The van der Waals surface area contributed by atoms with Crippen molar-refractivity contribution in [1.29, 1.82) is 5.26 Å². The van der Waals surface area contributed by atoms with Crippen LogP contribution in [0.15, 0.2) is 48.5 Å². The maximum atomic E-state index is 12.7. The number of benzene rings is 2. The predicted octanol–water partition coefficient (Wildman–Crippen LogP) is 3.78. The highest BCUT2D eigenvalue weighted by Gasteiger charge is 2.30. The lowest BCUT2D eigenvalue weighted by molar-refractivity contribution is -0.138. The van der Waals surface area contributed by atoms with Crippen molar-refractivity contribution in [3.8, 4) is 6.07 Å². The summed E-state index contributed by atoms with van der Waals surface area (Å²) >= 11 is 0. The highest BCUT2D eigenvalue weighted by Crippen LogP contribution is 2.29. The van der Waals surface area contributed by atoms with Gasteiger partial charge in [0.25, 0.3) is 0 Å². The number of halogens is 3. The fourth-order valence-corrected chi connectivity index (χ4v) is 2.21. The van der Waals surface area contributed by atoms with E-state index in [9.17, 15) is 18.0 Å². The number of nitrogens with zero attached hydrogens (tertiary/aromatic N) is 2. The van der Waals surface area contributed by atoms with Crippen molar-refractivity contribution in [3.63, 3.8) is 0 Å². The monoisotopic (exact) mass is 332 g/mol. The van der Waals surface area contributed by atoms with Crippen LogP contribution in [0.3, 0.4) is 0 Å². The van der Waals surface area contributed by atoms with E-state index in [1.165, 1.54) is 17.0 Å². The first kappa shape index (κ1) is 17.5.